The van der Waals surface area contributed by atoms with E-state index in [0.29, 0.717) is 15.1 Å². The monoisotopic (exact) mass is 440 g/mol. The second kappa shape index (κ2) is 7.50. The van der Waals surface area contributed by atoms with Gasteiger partial charge in [-0.2, -0.15) is 0 Å². The Morgan fingerprint density at radius 2 is 2.03 bits per heavy atom. The number of methoxy groups -OCH3 is 1. The minimum absolute atomic E-state index is 0.0524. The zero-order chi connectivity index (χ0) is 21.7. The number of furan rings is 1. The Bertz CT molecular complexity index is 1540. The molecular formula is C26H20N2O3S. The first kappa shape index (κ1) is 19.1. The van der Waals surface area contributed by atoms with E-state index in [0.717, 1.165) is 35.4 Å². The summed E-state index contributed by atoms with van der Waals surface area (Å²) in [4.78, 5) is 19.3. The fourth-order valence-electron chi connectivity index (χ4n) is 4.64. The maximum Gasteiger partial charge on any atom is 0.271 e. The summed E-state index contributed by atoms with van der Waals surface area (Å²) in [5, 5.41) is 0. The first-order valence-electron chi connectivity index (χ1n) is 10.5. The maximum absolute atomic E-state index is 13.6. The number of hydrogen-bond acceptors (Lipinski definition) is 5. The summed E-state index contributed by atoms with van der Waals surface area (Å²) in [5.74, 6) is 1.43. The number of aryl methyl sites for hydroxylation is 1. The van der Waals surface area contributed by atoms with Crippen molar-refractivity contribution in [2.75, 3.05) is 7.11 Å². The number of nitrogens with zero attached hydrogens (tertiary/aromatic N) is 2. The summed E-state index contributed by atoms with van der Waals surface area (Å²) in [6.07, 6.45) is 5.20. The SMILES string of the molecule is COc1cccc([C@H]2C3=C(N=c4s/c(=C/c5ccco5)c(=O)n42)c2ccccc2CC3)c1. The minimum Gasteiger partial charge on any atom is -0.497 e. The molecule has 0 bridgehead atoms. The Balaban J connectivity index is 1.65. The van der Waals surface area contributed by atoms with Crippen LogP contribution < -0.4 is 19.6 Å². The van der Waals surface area contributed by atoms with Crippen LogP contribution in [-0.4, -0.2) is 11.7 Å². The van der Waals surface area contributed by atoms with E-state index in [4.69, 9.17) is 14.1 Å². The molecule has 0 fully saturated rings. The summed E-state index contributed by atoms with van der Waals surface area (Å²) in [6.45, 7) is 0. The van der Waals surface area contributed by atoms with Crippen molar-refractivity contribution in [2.24, 2.45) is 4.99 Å². The number of benzene rings is 2. The van der Waals surface area contributed by atoms with Crippen LogP contribution in [0.1, 0.15) is 34.9 Å². The van der Waals surface area contributed by atoms with Gasteiger partial charge >= 0.3 is 0 Å². The van der Waals surface area contributed by atoms with Gasteiger partial charge < -0.3 is 9.15 Å². The number of hydrogen-bond donors (Lipinski definition) is 0. The second-order valence-corrected chi connectivity index (χ2v) is 8.91. The van der Waals surface area contributed by atoms with Gasteiger partial charge in [0.05, 0.1) is 29.6 Å². The molecule has 0 saturated carbocycles. The predicted octanol–water partition coefficient (Wildman–Crippen LogP) is 3.92. The fraction of sp³-hybridized carbons (Fsp3) is 0.154. The molecule has 6 rings (SSSR count). The van der Waals surface area contributed by atoms with Crippen LogP contribution in [0, 0.1) is 0 Å². The standard InChI is InChI=1S/C26H20N2O3S/c1-30-18-8-4-7-17(14-18)24-21-12-11-16-6-2-3-10-20(16)23(21)27-26-28(24)25(29)22(32-26)15-19-9-5-13-31-19/h2-10,13-15,24H,11-12H2,1H3/b22-15+/t24-/m0/s1. The van der Waals surface area contributed by atoms with Crippen LogP contribution in [0.2, 0.25) is 0 Å². The maximum atomic E-state index is 13.6. The summed E-state index contributed by atoms with van der Waals surface area (Å²) in [6, 6.07) is 19.9. The van der Waals surface area contributed by atoms with Crippen molar-refractivity contribution in [1.29, 1.82) is 0 Å². The number of allylic oxidation sites excluding steroid dienone is 1. The van der Waals surface area contributed by atoms with Crippen molar-refractivity contribution in [2.45, 2.75) is 18.9 Å². The molecule has 5 nitrogen and oxygen atoms in total. The van der Waals surface area contributed by atoms with Crippen LogP contribution in [0.15, 0.2) is 86.7 Å². The van der Waals surface area contributed by atoms with Gasteiger partial charge in [-0.05, 0) is 53.8 Å². The van der Waals surface area contributed by atoms with Gasteiger partial charge in [0.1, 0.15) is 11.5 Å². The van der Waals surface area contributed by atoms with Crippen molar-refractivity contribution in [3.05, 3.63) is 115 Å². The number of rotatable bonds is 3. The van der Waals surface area contributed by atoms with E-state index in [1.165, 1.54) is 22.5 Å². The third kappa shape index (κ3) is 2.99. The van der Waals surface area contributed by atoms with Gasteiger partial charge in [0.25, 0.3) is 5.56 Å². The molecule has 0 N–H and O–H groups in total. The van der Waals surface area contributed by atoms with Gasteiger partial charge in [-0.25, -0.2) is 4.99 Å². The summed E-state index contributed by atoms with van der Waals surface area (Å²) >= 11 is 1.40. The van der Waals surface area contributed by atoms with Crippen molar-refractivity contribution in [3.63, 3.8) is 0 Å². The highest BCUT2D eigenvalue weighted by Gasteiger charge is 2.32. The molecular weight excluding hydrogens is 420 g/mol. The highest BCUT2D eigenvalue weighted by Crippen LogP contribution is 2.41. The largest absolute Gasteiger partial charge is 0.497 e. The Morgan fingerprint density at radius 1 is 1.12 bits per heavy atom. The molecule has 2 aromatic carbocycles. The molecule has 0 saturated heterocycles. The lowest BCUT2D eigenvalue weighted by molar-refractivity contribution is 0.413. The number of ether oxygens (including phenoxy) is 1. The van der Waals surface area contributed by atoms with Gasteiger partial charge in [0.15, 0.2) is 4.80 Å². The Kier molecular flexibility index (Phi) is 4.47. The zero-order valence-electron chi connectivity index (χ0n) is 17.4. The normalized spacial score (nSPS) is 17.4. The molecule has 4 aromatic rings. The van der Waals surface area contributed by atoms with Crippen LogP contribution >= 0.6 is 11.3 Å². The molecule has 0 amide bonds. The highest BCUT2D eigenvalue weighted by atomic mass is 32.1. The molecule has 2 aliphatic rings. The van der Waals surface area contributed by atoms with E-state index in [1.54, 1.807) is 19.4 Å². The molecule has 0 spiro atoms. The van der Waals surface area contributed by atoms with Gasteiger partial charge in [-0.15, -0.1) is 0 Å². The minimum atomic E-state index is -0.219. The summed E-state index contributed by atoms with van der Waals surface area (Å²) < 4.78 is 13.4. The Morgan fingerprint density at radius 3 is 2.88 bits per heavy atom. The van der Waals surface area contributed by atoms with E-state index in [9.17, 15) is 4.79 Å². The third-order valence-electron chi connectivity index (χ3n) is 6.10. The zero-order valence-corrected chi connectivity index (χ0v) is 18.3. The van der Waals surface area contributed by atoms with Crippen molar-refractivity contribution in [1.82, 2.24) is 4.57 Å². The number of thiazole rings is 1. The van der Waals surface area contributed by atoms with Gasteiger partial charge in [0.2, 0.25) is 0 Å². The first-order valence-corrected chi connectivity index (χ1v) is 11.3. The van der Waals surface area contributed by atoms with E-state index >= 15 is 0 Å². The quantitative estimate of drug-likeness (QED) is 0.485. The topological polar surface area (TPSA) is 56.7 Å². The van der Waals surface area contributed by atoms with Crippen molar-refractivity contribution < 1.29 is 9.15 Å². The van der Waals surface area contributed by atoms with E-state index in [1.807, 2.05) is 34.9 Å². The van der Waals surface area contributed by atoms with E-state index in [2.05, 4.69) is 30.3 Å². The van der Waals surface area contributed by atoms with E-state index < -0.39 is 0 Å². The van der Waals surface area contributed by atoms with Crippen LogP contribution in [-0.2, 0) is 6.42 Å². The number of aromatic nitrogens is 1. The molecule has 1 atom stereocenters. The van der Waals surface area contributed by atoms with Crippen LogP contribution in [0.3, 0.4) is 0 Å². The smallest absolute Gasteiger partial charge is 0.271 e. The molecule has 0 radical (unpaired) electrons. The molecule has 1 aliphatic carbocycles. The lowest BCUT2D eigenvalue weighted by Crippen LogP contribution is -2.38. The highest BCUT2D eigenvalue weighted by molar-refractivity contribution is 7.07. The first-order chi connectivity index (χ1) is 15.7. The lowest BCUT2D eigenvalue weighted by atomic mass is 9.83. The Hall–Kier alpha value is -3.64. The van der Waals surface area contributed by atoms with Crippen LogP contribution in [0.4, 0.5) is 0 Å². The fourth-order valence-corrected chi connectivity index (χ4v) is 5.62. The van der Waals surface area contributed by atoms with Gasteiger partial charge in [-0.3, -0.25) is 9.36 Å². The summed E-state index contributed by atoms with van der Waals surface area (Å²) in [5.41, 5.74) is 5.60. The average Bonchev–Trinajstić information content (AvgIpc) is 3.46. The van der Waals surface area contributed by atoms with Gasteiger partial charge in [-0.1, -0.05) is 47.7 Å². The molecule has 0 unspecified atom stereocenters. The Labute approximate surface area is 188 Å². The van der Waals surface area contributed by atoms with Crippen molar-refractivity contribution >= 4 is 23.1 Å². The molecule has 3 heterocycles. The van der Waals surface area contributed by atoms with E-state index in [-0.39, 0.29) is 11.6 Å². The molecule has 158 valence electrons. The molecule has 1 aliphatic heterocycles. The predicted molar refractivity (Wildman–Crippen MR) is 124 cm³/mol. The lowest BCUT2D eigenvalue weighted by Gasteiger charge is -2.31. The van der Waals surface area contributed by atoms with Crippen LogP contribution in [0.5, 0.6) is 5.75 Å². The molecule has 6 heteroatoms. The average molecular weight is 441 g/mol. The second-order valence-electron chi connectivity index (χ2n) is 7.91. The molecule has 32 heavy (non-hydrogen) atoms. The van der Waals surface area contributed by atoms with Crippen LogP contribution in [0.25, 0.3) is 11.8 Å². The summed E-state index contributed by atoms with van der Waals surface area (Å²) in [7, 11) is 1.66. The van der Waals surface area contributed by atoms with Crippen molar-refractivity contribution in [3.8, 4) is 5.75 Å². The third-order valence-corrected chi connectivity index (χ3v) is 7.08. The molecule has 2 aromatic heterocycles. The van der Waals surface area contributed by atoms with Gasteiger partial charge in [0, 0.05) is 11.6 Å². The number of fused-ring (bicyclic) bond motifs is 3.